The maximum absolute atomic E-state index is 2.38. The van der Waals surface area contributed by atoms with Crippen molar-refractivity contribution in [1.82, 2.24) is 0 Å². The standard InChI is InChI=1S/C36H45B3/c1-7-37(8-2)34-19-13-28(14-20-34)31-25-32(29-15-21-35(22-16-29)38(9-3)10-4)27-33(26-31)30-17-23-36(24-18-30)39(11-5)12-6/h13-27H,7-12H2,1-6H3. The van der Waals surface area contributed by atoms with E-state index in [2.05, 4.69) is 133 Å². The normalized spacial score (nSPS) is 10.9. The van der Waals surface area contributed by atoms with Gasteiger partial charge in [0.2, 0.25) is 0 Å². The Hall–Kier alpha value is -2.93. The van der Waals surface area contributed by atoms with Gasteiger partial charge in [-0.05, 0) is 51.6 Å². The first-order valence-electron chi connectivity index (χ1n) is 15.5. The average molecular weight is 510 g/mol. The van der Waals surface area contributed by atoms with E-state index in [1.54, 1.807) is 0 Å². The summed E-state index contributed by atoms with van der Waals surface area (Å²) in [5.74, 6) is 0. The van der Waals surface area contributed by atoms with Gasteiger partial charge in [0, 0.05) is 0 Å². The molecule has 0 aliphatic heterocycles. The second kappa shape index (κ2) is 13.9. The molecule has 0 bridgehead atoms. The highest BCUT2D eigenvalue weighted by molar-refractivity contribution is 6.73. The molecule has 0 radical (unpaired) electrons. The van der Waals surface area contributed by atoms with E-state index in [1.165, 1.54) is 87.7 Å². The highest BCUT2D eigenvalue weighted by atomic mass is 14.1. The van der Waals surface area contributed by atoms with Gasteiger partial charge in [-0.15, -0.1) is 0 Å². The molecule has 39 heavy (non-hydrogen) atoms. The van der Waals surface area contributed by atoms with Gasteiger partial charge < -0.3 is 0 Å². The van der Waals surface area contributed by atoms with Crippen molar-refractivity contribution >= 4 is 36.5 Å². The minimum Gasteiger partial charge on any atom is -0.0800 e. The van der Waals surface area contributed by atoms with E-state index in [1.807, 2.05) is 0 Å². The molecule has 0 fully saturated rings. The fraction of sp³-hybridized carbons (Fsp3) is 0.333. The average Bonchev–Trinajstić information content (AvgIpc) is 3.00. The lowest BCUT2D eigenvalue weighted by Gasteiger charge is -2.15. The van der Waals surface area contributed by atoms with E-state index >= 15 is 0 Å². The van der Waals surface area contributed by atoms with Gasteiger partial charge in [0.15, 0.2) is 20.1 Å². The summed E-state index contributed by atoms with van der Waals surface area (Å²) in [5.41, 5.74) is 12.1. The lowest BCUT2D eigenvalue weighted by Crippen LogP contribution is -2.27. The third-order valence-electron chi connectivity index (χ3n) is 9.04. The minimum atomic E-state index is 0.642. The minimum absolute atomic E-state index is 0.642. The Morgan fingerprint density at radius 3 is 0.692 bits per heavy atom. The van der Waals surface area contributed by atoms with Crippen LogP contribution < -0.4 is 16.4 Å². The van der Waals surface area contributed by atoms with E-state index in [4.69, 9.17) is 0 Å². The predicted molar refractivity (Wildman–Crippen MR) is 182 cm³/mol. The Bertz CT molecular complexity index is 1120. The van der Waals surface area contributed by atoms with Crippen molar-refractivity contribution in [3.05, 3.63) is 91.0 Å². The molecule has 0 saturated carbocycles. The van der Waals surface area contributed by atoms with Crippen molar-refractivity contribution in [1.29, 1.82) is 0 Å². The van der Waals surface area contributed by atoms with E-state index < -0.39 is 0 Å². The van der Waals surface area contributed by atoms with Crippen molar-refractivity contribution < 1.29 is 0 Å². The Morgan fingerprint density at radius 1 is 0.308 bits per heavy atom. The summed E-state index contributed by atoms with van der Waals surface area (Å²) in [6, 6.07) is 35.1. The second-order valence-corrected chi connectivity index (χ2v) is 11.2. The van der Waals surface area contributed by atoms with Gasteiger partial charge in [-0.25, -0.2) is 0 Å². The van der Waals surface area contributed by atoms with Crippen LogP contribution in [0.5, 0.6) is 0 Å². The molecular formula is C36H45B3. The summed E-state index contributed by atoms with van der Waals surface area (Å²) in [6.45, 7) is 15.7. The molecule has 4 aromatic carbocycles. The van der Waals surface area contributed by atoms with Crippen LogP contribution in [0, 0.1) is 0 Å². The van der Waals surface area contributed by atoms with Gasteiger partial charge >= 0.3 is 0 Å². The highest BCUT2D eigenvalue weighted by Crippen LogP contribution is 2.32. The summed E-state index contributed by atoms with van der Waals surface area (Å²) in [5, 5.41) is 0. The molecule has 0 aliphatic carbocycles. The Kier molecular flexibility index (Phi) is 10.4. The zero-order valence-electron chi connectivity index (χ0n) is 25.1. The van der Waals surface area contributed by atoms with E-state index in [9.17, 15) is 0 Å². The summed E-state index contributed by atoms with van der Waals surface area (Å²) >= 11 is 0. The third kappa shape index (κ3) is 6.81. The maximum Gasteiger partial charge on any atom is 0.175 e. The fourth-order valence-corrected chi connectivity index (χ4v) is 6.25. The quantitative estimate of drug-likeness (QED) is 0.167. The molecule has 0 aromatic heterocycles. The summed E-state index contributed by atoms with van der Waals surface area (Å²) in [4.78, 5) is 0. The van der Waals surface area contributed by atoms with Gasteiger partial charge in [0.1, 0.15) is 0 Å². The van der Waals surface area contributed by atoms with Crippen LogP contribution in [0.1, 0.15) is 41.5 Å². The van der Waals surface area contributed by atoms with Crippen LogP contribution in [-0.2, 0) is 0 Å². The van der Waals surface area contributed by atoms with Crippen LogP contribution in [0.4, 0.5) is 0 Å². The first-order chi connectivity index (χ1) is 19.0. The zero-order valence-corrected chi connectivity index (χ0v) is 25.1. The van der Waals surface area contributed by atoms with Gasteiger partial charge in [-0.3, -0.25) is 0 Å². The van der Waals surface area contributed by atoms with Crippen LogP contribution >= 0.6 is 0 Å². The first-order valence-corrected chi connectivity index (χ1v) is 15.5. The molecule has 0 amide bonds. The topological polar surface area (TPSA) is 0 Å². The molecule has 0 spiro atoms. The van der Waals surface area contributed by atoms with Crippen LogP contribution in [0.3, 0.4) is 0 Å². The summed E-state index contributed by atoms with van der Waals surface area (Å²) in [7, 11) is 0. The molecule has 4 aromatic rings. The highest BCUT2D eigenvalue weighted by Gasteiger charge is 2.15. The molecule has 0 heterocycles. The molecule has 0 saturated heterocycles. The largest absolute Gasteiger partial charge is 0.175 e. The first kappa shape index (κ1) is 29.1. The Labute approximate surface area is 239 Å². The molecular weight excluding hydrogens is 465 g/mol. The SMILES string of the molecule is CCB(CC)c1ccc(-c2cc(-c3ccc(B(CC)CC)cc3)cc(-c3ccc(B(CC)CC)cc3)c2)cc1. The van der Waals surface area contributed by atoms with Crippen molar-refractivity contribution in [2.24, 2.45) is 0 Å². The molecule has 3 heteroatoms. The van der Waals surface area contributed by atoms with Gasteiger partial charge in [-0.2, -0.15) is 0 Å². The Morgan fingerprint density at radius 2 is 0.513 bits per heavy atom. The summed E-state index contributed by atoms with van der Waals surface area (Å²) in [6.07, 6.45) is 7.14. The molecule has 4 rings (SSSR count). The second-order valence-electron chi connectivity index (χ2n) is 11.2. The number of hydrogen-bond acceptors (Lipinski definition) is 0. The van der Waals surface area contributed by atoms with E-state index in [0.717, 1.165) is 0 Å². The van der Waals surface area contributed by atoms with Crippen LogP contribution in [0.25, 0.3) is 33.4 Å². The van der Waals surface area contributed by atoms with Crippen LogP contribution in [0.15, 0.2) is 91.0 Å². The van der Waals surface area contributed by atoms with Crippen molar-refractivity contribution in [3.63, 3.8) is 0 Å². The monoisotopic (exact) mass is 510 g/mol. The predicted octanol–water partition coefficient (Wildman–Crippen LogP) is 8.91. The molecule has 198 valence electrons. The third-order valence-corrected chi connectivity index (χ3v) is 9.04. The molecule has 0 nitrogen and oxygen atoms in total. The molecule has 0 unspecified atom stereocenters. The van der Waals surface area contributed by atoms with Crippen molar-refractivity contribution in [3.8, 4) is 33.4 Å². The maximum atomic E-state index is 2.38. The fourth-order valence-electron chi connectivity index (χ4n) is 6.25. The number of hydrogen-bond donors (Lipinski definition) is 0. The molecule has 0 atom stereocenters. The van der Waals surface area contributed by atoms with Gasteiger partial charge in [-0.1, -0.05) is 169 Å². The number of benzene rings is 4. The smallest absolute Gasteiger partial charge is 0.0800 e. The zero-order chi connectivity index (χ0) is 27.8. The Balaban J connectivity index is 1.77. The lowest BCUT2D eigenvalue weighted by molar-refractivity contribution is 1.33. The van der Waals surface area contributed by atoms with Gasteiger partial charge in [0.05, 0.1) is 0 Å². The van der Waals surface area contributed by atoms with Crippen molar-refractivity contribution in [2.75, 3.05) is 0 Å². The van der Waals surface area contributed by atoms with Crippen molar-refractivity contribution in [2.45, 2.75) is 79.5 Å². The molecule has 0 aliphatic rings. The molecule has 0 N–H and O–H groups in total. The van der Waals surface area contributed by atoms with Crippen LogP contribution in [-0.4, -0.2) is 20.1 Å². The van der Waals surface area contributed by atoms with Gasteiger partial charge in [0.25, 0.3) is 0 Å². The van der Waals surface area contributed by atoms with E-state index in [-0.39, 0.29) is 0 Å². The van der Waals surface area contributed by atoms with Crippen LogP contribution in [0.2, 0.25) is 37.9 Å². The number of rotatable bonds is 12. The lowest BCUT2D eigenvalue weighted by atomic mass is 9.41. The van der Waals surface area contributed by atoms with E-state index in [0.29, 0.717) is 20.1 Å². The summed E-state index contributed by atoms with van der Waals surface area (Å²) < 4.78 is 0.